The fourth-order valence-corrected chi connectivity index (χ4v) is 1.68. The van der Waals surface area contributed by atoms with Crippen molar-refractivity contribution in [1.82, 2.24) is 5.32 Å². The van der Waals surface area contributed by atoms with E-state index in [0.717, 1.165) is 6.26 Å². The van der Waals surface area contributed by atoms with Gasteiger partial charge in [0.1, 0.15) is 9.84 Å². The molecule has 0 spiro atoms. The first-order valence-electron chi connectivity index (χ1n) is 5.67. The number of rotatable bonds is 7. The summed E-state index contributed by atoms with van der Waals surface area (Å²) in [7, 11) is -3.07. The van der Waals surface area contributed by atoms with Crippen LogP contribution >= 0.6 is 0 Å². The van der Waals surface area contributed by atoms with Crippen LogP contribution in [0.5, 0.6) is 0 Å². The van der Waals surface area contributed by atoms with Crippen molar-refractivity contribution in [3.05, 3.63) is 36.5 Å². The lowest BCUT2D eigenvalue weighted by atomic mass is 9.96. The lowest BCUT2D eigenvalue weighted by Crippen LogP contribution is -2.30. The van der Waals surface area contributed by atoms with Gasteiger partial charge in [-0.3, -0.25) is 4.79 Å². The third-order valence-corrected chi connectivity index (χ3v) is 3.28. The van der Waals surface area contributed by atoms with E-state index < -0.39 is 9.84 Å². The van der Waals surface area contributed by atoms with E-state index in [9.17, 15) is 13.2 Å². The zero-order chi connectivity index (χ0) is 14.3. The predicted octanol–water partition coefficient (Wildman–Crippen LogP) is 1.47. The van der Waals surface area contributed by atoms with Crippen LogP contribution in [0.2, 0.25) is 0 Å². The summed E-state index contributed by atoms with van der Waals surface area (Å²) >= 11 is 0. The summed E-state index contributed by atoms with van der Waals surface area (Å²) in [5.74, 6) is -0.261. The number of nitrogens with one attached hydrogen (secondary N) is 1. The van der Waals surface area contributed by atoms with Gasteiger partial charge in [0.2, 0.25) is 0 Å². The molecule has 4 nitrogen and oxygen atoms in total. The molecule has 0 unspecified atom stereocenters. The first kappa shape index (κ1) is 16.6. The molecule has 1 N–H and O–H groups in total. The Hall–Kier alpha value is -1.36. The third-order valence-electron chi connectivity index (χ3n) is 2.33. The van der Waals surface area contributed by atoms with Crippen LogP contribution in [0.1, 0.15) is 13.8 Å². The van der Waals surface area contributed by atoms with Gasteiger partial charge < -0.3 is 5.32 Å². The highest BCUT2D eigenvalue weighted by Crippen LogP contribution is 2.17. The lowest BCUT2D eigenvalue weighted by Gasteiger charge is -2.13. The van der Waals surface area contributed by atoms with E-state index in [4.69, 9.17) is 0 Å². The molecule has 18 heavy (non-hydrogen) atoms. The number of hydrogen-bond donors (Lipinski definition) is 1. The van der Waals surface area contributed by atoms with Gasteiger partial charge in [-0.05, 0) is 17.6 Å². The minimum atomic E-state index is -3.07. The Balaban J connectivity index is 4.66. The first-order chi connectivity index (χ1) is 8.19. The number of sulfone groups is 1. The molecule has 1 amide bonds. The normalized spacial score (nSPS) is 12.3. The summed E-state index contributed by atoms with van der Waals surface area (Å²) < 4.78 is 21.9. The van der Waals surface area contributed by atoms with Crippen LogP contribution in [0, 0.1) is 5.92 Å². The quantitative estimate of drug-likeness (QED) is 0.563. The van der Waals surface area contributed by atoms with Gasteiger partial charge in [0.05, 0.1) is 5.75 Å². The Morgan fingerprint density at radius 1 is 1.39 bits per heavy atom. The van der Waals surface area contributed by atoms with E-state index in [1.807, 2.05) is 13.8 Å². The standard InChI is InChI=1S/C13H21NO3S/c1-6-7-12(11(4)10(2)3)13(15)14-8-9-18(5,16)17/h6-7,10H,1,4,8-9H2,2-3,5H3,(H,14,15)/b12-7+. The molecular weight excluding hydrogens is 250 g/mol. The summed E-state index contributed by atoms with van der Waals surface area (Å²) in [6, 6.07) is 0. The predicted molar refractivity (Wildman–Crippen MR) is 75.0 cm³/mol. The van der Waals surface area contributed by atoms with E-state index in [1.54, 1.807) is 6.08 Å². The van der Waals surface area contributed by atoms with Gasteiger partial charge in [-0.2, -0.15) is 0 Å². The zero-order valence-corrected chi connectivity index (χ0v) is 12.0. The van der Waals surface area contributed by atoms with Crippen LogP contribution in [0.15, 0.2) is 36.5 Å². The molecule has 102 valence electrons. The average Bonchev–Trinajstić information content (AvgIpc) is 2.22. The summed E-state index contributed by atoms with van der Waals surface area (Å²) in [5.41, 5.74) is 1.14. The van der Waals surface area contributed by atoms with Crippen molar-refractivity contribution in [2.45, 2.75) is 13.8 Å². The van der Waals surface area contributed by atoms with Crippen molar-refractivity contribution >= 4 is 15.7 Å². The van der Waals surface area contributed by atoms with Gasteiger partial charge in [0.25, 0.3) is 5.91 Å². The Morgan fingerprint density at radius 3 is 2.33 bits per heavy atom. The molecular formula is C13H21NO3S. The Labute approximate surface area is 109 Å². The van der Waals surface area contributed by atoms with E-state index in [0.29, 0.717) is 11.1 Å². The third kappa shape index (κ3) is 6.39. The van der Waals surface area contributed by atoms with Gasteiger partial charge in [-0.25, -0.2) is 8.42 Å². The van der Waals surface area contributed by atoms with Crippen LogP contribution in [-0.4, -0.2) is 32.9 Å². The Bertz CT molecular complexity index is 459. The summed E-state index contributed by atoms with van der Waals surface area (Å²) in [5, 5.41) is 2.56. The molecule has 0 aliphatic heterocycles. The maximum atomic E-state index is 11.9. The maximum Gasteiger partial charge on any atom is 0.251 e. The molecule has 0 aromatic heterocycles. The molecule has 0 rings (SSSR count). The topological polar surface area (TPSA) is 63.2 Å². The smallest absolute Gasteiger partial charge is 0.251 e. The van der Waals surface area contributed by atoms with Crippen molar-refractivity contribution in [2.75, 3.05) is 18.6 Å². The number of hydrogen-bond acceptors (Lipinski definition) is 3. The highest BCUT2D eigenvalue weighted by atomic mass is 32.2. The van der Waals surface area contributed by atoms with Crippen LogP contribution in [0.4, 0.5) is 0 Å². The number of amides is 1. The second-order valence-electron chi connectivity index (χ2n) is 4.38. The van der Waals surface area contributed by atoms with Gasteiger partial charge >= 0.3 is 0 Å². The van der Waals surface area contributed by atoms with E-state index in [1.165, 1.54) is 6.08 Å². The highest BCUT2D eigenvalue weighted by Gasteiger charge is 2.15. The molecule has 0 bridgehead atoms. The lowest BCUT2D eigenvalue weighted by molar-refractivity contribution is -0.117. The molecule has 0 aromatic carbocycles. The largest absolute Gasteiger partial charge is 0.351 e. The van der Waals surface area contributed by atoms with Crippen molar-refractivity contribution in [2.24, 2.45) is 5.92 Å². The number of carbonyl (C=O) groups excluding carboxylic acids is 1. The monoisotopic (exact) mass is 271 g/mol. The van der Waals surface area contributed by atoms with Crippen molar-refractivity contribution in [3.8, 4) is 0 Å². The molecule has 0 radical (unpaired) electrons. The average molecular weight is 271 g/mol. The molecule has 0 aliphatic rings. The fraction of sp³-hybridized carbons (Fsp3) is 0.462. The molecule has 5 heteroatoms. The van der Waals surface area contributed by atoms with Crippen LogP contribution in [0.3, 0.4) is 0 Å². The fourth-order valence-electron chi connectivity index (χ4n) is 1.20. The van der Waals surface area contributed by atoms with Crippen molar-refractivity contribution in [1.29, 1.82) is 0 Å². The van der Waals surface area contributed by atoms with Crippen LogP contribution < -0.4 is 5.32 Å². The zero-order valence-electron chi connectivity index (χ0n) is 11.2. The summed E-state index contributed by atoms with van der Waals surface area (Å²) in [4.78, 5) is 11.9. The second-order valence-corrected chi connectivity index (χ2v) is 6.64. The highest BCUT2D eigenvalue weighted by molar-refractivity contribution is 7.90. The van der Waals surface area contributed by atoms with Crippen molar-refractivity contribution < 1.29 is 13.2 Å². The molecule has 0 saturated carbocycles. The van der Waals surface area contributed by atoms with Gasteiger partial charge in [0, 0.05) is 18.4 Å². The van der Waals surface area contributed by atoms with Crippen molar-refractivity contribution in [3.63, 3.8) is 0 Å². The number of allylic oxidation sites excluding steroid dienone is 2. The van der Waals surface area contributed by atoms with E-state index >= 15 is 0 Å². The minimum Gasteiger partial charge on any atom is -0.351 e. The van der Waals surface area contributed by atoms with E-state index in [2.05, 4.69) is 18.5 Å². The minimum absolute atomic E-state index is 0.0751. The summed E-state index contributed by atoms with van der Waals surface area (Å²) in [6.45, 7) is 11.4. The van der Waals surface area contributed by atoms with Gasteiger partial charge in [-0.1, -0.05) is 33.1 Å². The molecule has 0 aromatic rings. The van der Waals surface area contributed by atoms with Gasteiger partial charge in [-0.15, -0.1) is 0 Å². The number of carbonyl (C=O) groups is 1. The summed E-state index contributed by atoms with van der Waals surface area (Å²) in [6.07, 6.45) is 4.23. The Kier molecular flexibility index (Phi) is 6.62. The van der Waals surface area contributed by atoms with Gasteiger partial charge in [0.15, 0.2) is 0 Å². The molecule has 0 saturated heterocycles. The maximum absolute atomic E-state index is 11.9. The molecule has 0 fully saturated rings. The first-order valence-corrected chi connectivity index (χ1v) is 7.73. The van der Waals surface area contributed by atoms with E-state index in [-0.39, 0.29) is 24.1 Å². The van der Waals surface area contributed by atoms with Crippen LogP contribution in [0.25, 0.3) is 0 Å². The molecule has 0 atom stereocenters. The molecule has 0 heterocycles. The molecule has 0 aliphatic carbocycles. The second kappa shape index (κ2) is 7.16. The SMILES string of the molecule is C=C/C=C(\C(=C)C(C)C)C(=O)NCCS(C)(=O)=O. The Morgan fingerprint density at radius 2 is 1.94 bits per heavy atom. The van der Waals surface area contributed by atoms with Crippen LogP contribution in [-0.2, 0) is 14.6 Å².